The van der Waals surface area contributed by atoms with Crippen LogP contribution in [0.25, 0.3) is 10.9 Å². The van der Waals surface area contributed by atoms with Crippen LogP contribution in [0.1, 0.15) is 12.8 Å². The Labute approximate surface area is 184 Å². The molecule has 0 saturated carbocycles. The smallest absolute Gasteiger partial charge is 0.245 e. The topological polar surface area (TPSA) is 83.4 Å². The average molecular weight is 465 g/mol. The number of sulfone groups is 1. The molecule has 1 aliphatic heterocycles. The third-order valence-corrected chi connectivity index (χ3v) is 7.37. The fraction of sp³-hybridized carbons (Fsp3) is 0.526. The lowest BCUT2D eigenvalue weighted by atomic mass is 9.95. The summed E-state index contributed by atoms with van der Waals surface area (Å²) in [7, 11) is 0.530. The number of rotatable bonds is 6. The summed E-state index contributed by atoms with van der Waals surface area (Å²) in [5.41, 5.74) is 1.65. The van der Waals surface area contributed by atoms with Crippen LogP contribution in [0.5, 0.6) is 0 Å². The summed E-state index contributed by atoms with van der Waals surface area (Å²) in [4.78, 5) is 15.1. The lowest BCUT2D eigenvalue weighted by molar-refractivity contribution is -0.119. The number of halogens is 2. The third-order valence-electron chi connectivity index (χ3n) is 5.35. The number of nitrogens with zero attached hydrogens (tertiary/aromatic N) is 2. The second-order valence-electron chi connectivity index (χ2n) is 7.56. The van der Waals surface area contributed by atoms with E-state index < -0.39 is 20.5 Å². The molecule has 1 amide bonds. The van der Waals surface area contributed by atoms with E-state index in [1.54, 1.807) is 0 Å². The molecule has 1 aromatic carbocycles. The molecule has 164 valence electrons. The second-order valence-corrected chi connectivity index (χ2v) is 9.88. The van der Waals surface area contributed by atoms with Crippen molar-refractivity contribution in [2.45, 2.75) is 24.1 Å². The summed E-state index contributed by atoms with van der Waals surface area (Å²) < 4.78 is 25.6. The summed E-state index contributed by atoms with van der Waals surface area (Å²) in [6.45, 7) is 2.79. The average Bonchev–Trinajstić information content (AvgIpc) is 3.02. The molecule has 3 rings (SSSR count). The van der Waals surface area contributed by atoms with Crippen molar-refractivity contribution in [1.82, 2.24) is 14.8 Å². The summed E-state index contributed by atoms with van der Waals surface area (Å²) in [5.74, 6) is -0.433. The molecular weight excluding hydrogens is 435 g/mol. The molecule has 2 heterocycles. The molecule has 2 aromatic rings. The SMILES string of the molecule is CN(C)CCn1ccc2ccc(NC(=O)C3(S(C)(=O)=O)CCNCC3)cc21.Cl.Cl. The fourth-order valence-electron chi connectivity index (χ4n) is 3.61. The van der Waals surface area contributed by atoms with Crippen LogP contribution in [-0.2, 0) is 21.2 Å². The van der Waals surface area contributed by atoms with Gasteiger partial charge in [0.25, 0.3) is 0 Å². The number of amides is 1. The Bertz CT molecular complexity index is 938. The maximum atomic E-state index is 13.0. The van der Waals surface area contributed by atoms with Crippen molar-refractivity contribution in [3.63, 3.8) is 0 Å². The molecule has 0 spiro atoms. The molecule has 1 fully saturated rings. The predicted octanol–water partition coefficient (Wildman–Crippen LogP) is 2.15. The molecule has 0 aliphatic carbocycles. The third kappa shape index (κ3) is 5.44. The summed E-state index contributed by atoms with van der Waals surface area (Å²) in [6, 6.07) is 7.74. The molecular formula is C19H30Cl2N4O3S. The zero-order valence-electron chi connectivity index (χ0n) is 17.0. The van der Waals surface area contributed by atoms with Crippen LogP contribution in [-0.4, -0.2) is 68.5 Å². The van der Waals surface area contributed by atoms with Crippen molar-refractivity contribution >= 4 is 57.1 Å². The van der Waals surface area contributed by atoms with Gasteiger partial charge < -0.3 is 20.1 Å². The van der Waals surface area contributed by atoms with Crippen molar-refractivity contribution in [3.05, 3.63) is 30.5 Å². The van der Waals surface area contributed by atoms with Crippen molar-refractivity contribution in [2.75, 3.05) is 45.3 Å². The Balaban J connectivity index is 0.00000210. The minimum absolute atomic E-state index is 0. The normalized spacial score (nSPS) is 16.1. The first kappa shape index (κ1) is 25.7. The maximum absolute atomic E-state index is 13.0. The van der Waals surface area contributed by atoms with E-state index in [1.807, 2.05) is 44.6 Å². The highest BCUT2D eigenvalue weighted by Crippen LogP contribution is 2.30. The number of hydrogen-bond acceptors (Lipinski definition) is 5. The summed E-state index contributed by atoms with van der Waals surface area (Å²) in [5, 5.41) is 7.08. The summed E-state index contributed by atoms with van der Waals surface area (Å²) >= 11 is 0. The number of nitrogens with one attached hydrogen (secondary N) is 2. The zero-order chi connectivity index (χ0) is 19.7. The molecule has 2 N–H and O–H groups in total. The van der Waals surface area contributed by atoms with Crippen LogP contribution in [0.3, 0.4) is 0 Å². The molecule has 0 bridgehead atoms. The number of benzene rings is 1. The van der Waals surface area contributed by atoms with Gasteiger partial charge in [0.1, 0.15) is 0 Å². The molecule has 7 nitrogen and oxygen atoms in total. The summed E-state index contributed by atoms with van der Waals surface area (Å²) in [6.07, 6.45) is 3.77. The molecule has 0 radical (unpaired) electrons. The highest BCUT2D eigenvalue weighted by molar-refractivity contribution is 7.92. The van der Waals surface area contributed by atoms with E-state index in [0.717, 1.165) is 30.2 Å². The minimum Gasteiger partial charge on any atom is -0.346 e. The van der Waals surface area contributed by atoms with Crippen molar-refractivity contribution in [1.29, 1.82) is 0 Å². The monoisotopic (exact) mass is 464 g/mol. The molecule has 1 aliphatic rings. The Morgan fingerprint density at radius 2 is 1.86 bits per heavy atom. The number of hydrogen-bond donors (Lipinski definition) is 2. The number of carbonyl (C=O) groups excluding carboxylic acids is 1. The van der Waals surface area contributed by atoms with E-state index in [9.17, 15) is 13.2 Å². The fourth-order valence-corrected chi connectivity index (χ4v) is 4.94. The molecule has 0 atom stereocenters. The first-order valence-electron chi connectivity index (χ1n) is 9.18. The van der Waals surface area contributed by atoms with E-state index in [2.05, 4.69) is 20.1 Å². The van der Waals surface area contributed by atoms with E-state index in [-0.39, 0.29) is 24.8 Å². The molecule has 0 unspecified atom stereocenters. The quantitative estimate of drug-likeness (QED) is 0.683. The van der Waals surface area contributed by atoms with Crippen LogP contribution in [0.2, 0.25) is 0 Å². The van der Waals surface area contributed by atoms with E-state index in [0.29, 0.717) is 31.6 Å². The van der Waals surface area contributed by atoms with Gasteiger partial charge in [-0.05, 0) is 63.6 Å². The van der Waals surface area contributed by atoms with E-state index in [1.165, 1.54) is 0 Å². The van der Waals surface area contributed by atoms with Crippen molar-refractivity contribution in [2.24, 2.45) is 0 Å². The van der Waals surface area contributed by atoms with Crippen LogP contribution in [0, 0.1) is 0 Å². The first-order valence-corrected chi connectivity index (χ1v) is 11.1. The number of carbonyl (C=O) groups is 1. The number of likely N-dealkylation sites (N-methyl/N-ethyl adjacent to an activating group) is 1. The van der Waals surface area contributed by atoms with Crippen LogP contribution in [0.4, 0.5) is 5.69 Å². The lowest BCUT2D eigenvalue weighted by Gasteiger charge is -2.34. The Morgan fingerprint density at radius 3 is 2.45 bits per heavy atom. The first-order chi connectivity index (χ1) is 12.7. The van der Waals surface area contributed by atoms with Gasteiger partial charge >= 0.3 is 0 Å². The highest BCUT2D eigenvalue weighted by Gasteiger charge is 2.48. The van der Waals surface area contributed by atoms with Gasteiger partial charge in [0.2, 0.25) is 5.91 Å². The van der Waals surface area contributed by atoms with Gasteiger partial charge in [-0.1, -0.05) is 6.07 Å². The van der Waals surface area contributed by atoms with Crippen LogP contribution < -0.4 is 10.6 Å². The van der Waals surface area contributed by atoms with Gasteiger partial charge in [-0.25, -0.2) is 8.42 Å². The number of aromatic nitrogens is 1. The highest BCUT2D eigenvalue weighted by atomic mass is 35.5. The Hall–Kier alpha value is -1.32. The minimum atomic E-state index is -3.53. The van der Waals surface area contributed by atoms with Gasteiger partial charge in [0.15, 0.2) is 14.6 Å². The molecule has 1 saturated heterocycles. The van der Waals surface area contributed by atoms with Crippen molar-refractivity contribution in [3.8, 4) is 0 Å². The van der Waals surface area contributed by atoms with Crippen LogP contribution in [0.15, 0.2) is 30.5 Å². The molecule has 10 heteroatoms. The van der Waals surface area contributed by atoms with E-state index in [4.69, 9.17) is 0 Å². The van der Waals surface area contributed by atoms with Gasteiger partial charge in [0, 0.05) is 31.2 Å². The number of fused-ring (bicyclic) bond motifs is 1. The maximum Gasteiger partial charge on any atom is 0.245 e. The predicted molar refractivity (Wildman–Crippen MR) is 123 cm³/mol. The van der Waals surface area contributed by atoms with Gasteiger partial charge in [-0.15, -0.1) is 24.8 Å². The van der Waals surface area contributed by atoms with Crippen molar-refractivity contribution < 1.29 is 13.2 Å². The largest absolute Gasteiger partial charge is 0.346 e. The second kappa shape index (κ2) is 10.1. The standard InChI is InChI=1S/C19H28N4O3S.2ClH/c1-22(2)12-13-23-11-6-15-4-5-16(14-17(15)23)21-18(24)19(27(3,25)26)7-9-20-10-8-19;;/h4-6,11,14,20H,7-10,12-13H2,1-3H3,(H,21,24);2*1H. The number of piperidine rings is 1. The zero-order valence-corrected chi connectivity index (χ0v) is 19.4. The van der Waals surface area contributed by atoms with Crippen LogP contribution >= 0.6 is 24.8 Å². The van der Waals surface area contributed by atoms with E-state index >= 15 is 0 Å². The van der Waals surface area contributed by atoms with Gasteiger partial charge in [-0.3, -0.25) is 4.79 Å². The van der Waals surface area contributed by atoms with Gasteiger partial charge in [-0.2, -0.15) is 0 Å². The molecule has 1 aromatic heterocycles. The lowest BCUT2D eigenvalue weighted by Crippen LogP contribution is -2.55. The molecule has 29 heavy (non-hydrogen) atoms. The van der Waals surface area contributed by atoms with Gasteiger partial charge in [0.05, 0.1) is 5.52 Å². The number of anilines is 1. The Kier molecular flexibility index (Phi) is 8.98. The Morgan fingerprint density at radius 1 is 1.21 bits per heavy atom.